The number of rotatable bonds is 9. The molecule has 1 aromatic heterocycles. The molecule has 1 aliphatic heterocycles. The molecule has 0 saturated carbocycles. The summed E-state index contributed by atoms with van der Waals surface area (Å²) in [6.07, 6.45) is 3.94. The molecule has 3 rings (SSSR count). The molecule has 1 fully saturated rings. The second-order valence-electron chi connectivity index (χ2n) is 7.97. The Morgan fingerprint density at radius 2 is 1.93 bits per heavy atom. The van der Waals surface area contributed by atoms with E-state index in [1.807, 2.05) is 12.1 Å². The highest BCUT2D eigenvalue weighted by Gasteiger charge is 2.29. The van der Waals surface area contributed by atoms with Crippen molar-refractivity contribution < 1.29 is 9.15 Å². The van der Waals surface area contributed by atoms with Crippen molar-refractivity contribution in [3.8, 4) is 0 Å². The van der Waals surface area contributed by atoms with Gasteiger partial charge >= 0.3 is 0 Å². The highest BCUT2D eigenvalue weighted by molar-refractivity contribution is 14.0. The molecule has 1 aliphatic rings. The van der Waals surface area contributed by atoms with Crippen LogP contribution in [0.3, 0.4) is 0 Å². The number of hydrogen-bond acceptors (Lipinski definition) is 4. The molecule has 2 heterocycles. The lowest BCUT2D eigenvalue weighted by Crippen LogP contribution is -2.45. The highest BCUT2D eigenvalue weighted by Crippen LogP contribution is 2.23. The van der Waals surface area contributed by atoms with Gasteiger partial charge in [-0.2, -0.15) is 0 Å². The predicted octanol–water partition coefficient (Wildman–Crippen LogP) is 4.15. The Bertz CT molecular complexity index is 773. The number of nitrogens with zero attached hydrogens (tertiary/aromatic N) is 2. The van der Waals surface area contributed by atoms with Gasteiger partial charge < -0.3 is 19.8 Å². The van der Waals surface area contributed by atoms with E-state index in [9.17, 15) is 0 Å². The zero-order valence-electron chi connectivity index (χ0n) is 18.3. The largest absolute Gasteiger partial charge is 0.468 e. The average molecular weight is 526 g/mol. The third-order valence-corrected chi connectivity index (χ3v) is 5.25. The van der Waals surface area contributed by atoms with Gasteiger partial charge in [-0.15, -0.1) is 24.0 Å². The van der Waals surface area contributed by atoms with Crippen LogP contribution in [0.1, 0.15) is 43.6 Å². The van der Waals surface area contributed by atoms with Crippen molar-refractivity contribution in [2.24, 2.45) is 4.99 Å². The molecule has 0 radical (unpaired) electrons. The molecule has 1 saturated heterocycles. The summed E-state index contributed by atoms with van der Waals surface area (Å²) in [6.45, 7) is 8.98. The van der Waals surface area contributed by atoms with E-state index in [0.29, 0.717) is 6.54 Å². The molecule has 0 spiro atoms. The van der Waals surface area contributed by atoms with Crippen molar-refractivity contribution in [1.82, 2.24) is 15.5 Å². The van der Waals surface area contributed by atoms with Gasteiger partial charge in [0.25, 0.3) is 0 Å². The maximum Gasteiger partial charge on any atom is 0.191 e. The van der Waals surface area contributed by atoms with E-state index in [2.05, 4.69) is 60.7 Å². The molecular formula is C23H35IN4O2. The van der Waals surface area contributed by atoms with Crippen LogP contribution in [-0.2, 0) is 24.4 Å². The molecule has 166 valence electrons. The Balaban J connectivity index is 0.00000320. The minimum Gasteiger partial charge on any atom is -0.468 e. The summed E-state index contributed by atoms with van der Waals surface area (Å²) in [5.41, 5.74) is 2.43. The number of ether oxygens (including phenoxy) is 1. The Kier molecular flexibility index (Phi) is 10.1. The van der Waals surface area contributed by atoms with Gasteiger partial charge in [0.15, 0.2) is 5.96 Å². The number of benzene rings is 1. The van der Waals surface area contributed by atoms with Crippen molar-refractivity contribution in [2.75, 3.05) is 26.7 Å². The van der Waals surface area contributed by atoms with Crippen LogP contribution >= 0.6 is 24.0 Å². The highest BCUT2D eigenvalue weighted by atomic mass is 127. The normalized spacial score (nSPS) is 19.0. The van der Waals surface area contributed by atoms with Gasteiger partial charge in [-0.05, 0) is 57.0 Å². The first-order valence-electron chi connectivity index (χ1n) is 10.5. The summed E-state index contributed by atoms with van der Waals surface area (Å²) in [5, 5.41) is 6.80. The molecule has 7 heteroatoms. The number of nitrogens with one attached hydrogen (secondary N) is 2. The van der Waals surface area contributed by atoms with E-state index in [-0.39, 0.29) is 29.6 Å². The number of halogens is 1. The summed E-state index contributed by atoms with van der Waals surface area (Å²) in [7, 11) is 2.11. The molecule has 1 atom stereocenters. The van der Waals surface area contributed by atoms with E-state index in [4.69, 9.17) is 14.1 Å². The topological polar surface area (TPSA) is 62.0 Å². The number of guanidine groups is 1. The van der Waals surface area contributed by atoms with Crippen molar-refractivity contribution in [3.05, 3.63) is 59.5 Å². The van der Waals surface area contributed by atoms with E-state index in [1.54, 1.807) is 6.26 Å². The fourth-order valence-electron chi connectivity index (χ4n) is 3.63. The van der Waals surface area contributed by atoms with Gasteiger partial charge in [-0.3, -0.25) is 4.90 Å². The Labute approximate surface area is 197 Å². The predicted molar refractivity (Wildman–Crippen MR) is 132 cm³/mol. The first-order valence-corrected chi connectivity index (χ1v) is 10.5. The monoisotopic (exact) mass is 526 g/mol. The van der Waals surface area contributed by atoms with E-state index in [0.717, 1.165) is 57.3 Å². The van der Waals surface area contributed by atoms with E-state index in [1.165, 1.54) is 11.1 Å². The molecule has 30 heavy (non-hydrogen) atoms. The van der Waals surface area contributed by atoms with Crippen LogP contribution in [0.15, 0.2) is 52.1 Å². The summed E-state index contributed by atoms with van der Waals surface area (Å²) in [6, 6.07) is 12.4. The van der Waals surface area contributed by atoms with Gasteiger partial charge in [-0.1, -0.05) is 24.3 Å². The van der Waals surface area contributed by atoms with Gasteiger partial charge in [0.05, 0.1) is 25.0 Å². The maximum atomic E-state index is 5.88. The summed E-state index contributed by atoms with van der Waals surface area (Å²) < 4.78 is 11.3. The van der Waals surface area contributed by atoms with E-state index >= 15 is 0 Å². The summed E-state index contributed by atoms with van der Waals surface area (Å²) >= 11 is 0. The zero-order chi connectivity index (χ0) is 20.5. The molecule has 2 aromatic rings. The summed E-state index contributed by atoms with van der Waals surface area (Å²) in [4.78, 5) is 7.07. The standard InChI is InChI=1S/C23H34N4O2.HI/c1-4-24-22(26-18-23(2)12-8-14-29-23)25-15-19-9-5-6-10-20(19)16-27(3)17-21-11-7-13-28-21;/h5-7,9-11,13H,4,8,12,14-18H2,1-3H3,(H2,24,25,26);1H. The van der Waals surface area contributed by atoms with Gasteiger partial charge in [0.2, 0.25) is 0 Å². The van der Waals surface area contributed by atoms with Gasteiger partial charge in [0, 0.05) is 26.2 Å². The molecule has 2 N–H and O–H groups in total. The van der Waals surface area contributed by atoms with Crippen molar-refractivity contribution in [1.29, 1.82) is 0 Å². The smallest absolute Gasteiger partial charge is 0.191 e. The second-order valence-corrected chi connectivity index (χ2v) is 7.97. The Morgan fingerprint density at radius 1 is 1.13 bits per heavy atom. The fourth-order valence-corrected chi connectivity index (χ4v) is 3.63. The number of hydrogen-bond donors (Lipinski definition) is 2. The third kappa shape index (κ3) is 7.59. The Hall–Kier alpha value is -1.58. The van der Waals surface area contributed by atoms with Crippen LogP contribution in [0.4, 0.5) is 0 Å². The lowest BCUT2D eigenvalue weighted by Gasteiger charge is -2.24. The lowest BCUT2D eigenvalue weighted by molar-refractivity contribution is 0.0243. The molecule has 0 aliphatic carbocycles. The first-order chi connectivity index (χ1) is 14.1. The quantitative estimate of drug-likeness (QED) is 0.292. The van der Waals surface area contributed by atoms with Crippen LogP contribution in [0.5, 0.6) is 0 Å². The second kappa shape index (κ2) is 12.3. The van der Waals surface area contributed by atoms with Crippen molar-refractivity contribution in [3.63, 3.8) is 0 Å². The van der Waals surface area contributed by atoms with Crippen LogP contribution in [-0.4, -0.2) is 43.2 Å². The number of aliphatic imine (C=N–C) groups is 1. The van der Waals surface area contributed by atoms with Crippen molar-refractivity contribution >= 4 is 29.9 Å². The average Bonchev–Trinajstić information content (AvgIpc) is 3.37. The molecule has 0 bridgehead atoms. The molecule has 6 nitrogen and oxygen atoms in total. The Morgan fingerprint density at radius 3 is 2.60 bits per heavy atom. The first kappa shape index (κ1) is 24.7. The zero-order valence-corrected chi connectivity index (χ0v) is 20.6. The van der Waals surface area contributed by atoms with Crippen LogP contribution in [0, 0.1) is 0 Å². The lowest BCUT2D eigenvalue weighted by atomic mass is 10.0. The minimum absolute atomic E-state index is 0. The third-order valence-electron chi connectivity index (χ3n) is 5.25. The number of furan rings is 1. The van der Waals surface area contributed by atoms with Crippen molar-refractivity contribution in [2.45, 2.75) is 51.9 Å². The van der Waals surface area contributed by atoms with Crippen LogP contribution in [0.25, 0.3) is 0 Å². The minimum atomic E-state index is -0.0946. The molecule has 1 unspecified atom stereocenters. The maximum absolute atomic E-state index is 5.88. The molecule has 1 aromatic carbocycles. The SMILES string of the molecule is CCNC(=NCc1ccccc1CN(C)Cc1ccco1)NCC1(C)CCCO1.I. The van der Waals surface area contributed by atoms with E-state index < -0.39 is 0 Å². The van der Waals surface area contributed by atoms with Gasteiger partial charge in [-0.25, -0.2) is 4.99 Å². The molecular weight excluding hydrogens is 491 g/mol. The van der Waals surface area contributed by atoms with Crippen LogP contribution < -0.4 is 10.6 Å². The van der Waals surface area contributed by atoms with Gasteiger partial charge in [0.1, 0.15) is 5.76 Å². The summed E-state index contributed by atoms with van der Waals surface area (Å²) in [5.74, 6) is 1.81. The molecule has 0 amide bonds. The fraction of sp³-hybridized carbons (Fsp3) is 0.522. The van der Waals surface area contributed by atoms with Crippen LogP contribution in [0.2, 0.25) is 0 Å².